The molecule has 0 saturated heterocycles. The summed E-state index contributed by atoms with van der Waals surface area (Å²) in [6.07, 6.45) is -1.01. The molecule has 16 heavy (non-hydrogen) atoms. The van der Waals surface area contributed by atoms with Crippen LogP contribution in [0, 0.1) is 11.8 Å². The minimum atomic E-state index is -1.01. The lowest BCUT2D eigenvalue weighted by molar-refractivity contribution is -0.136. The minimum Gasteiger partial charge on any atom is -0.456 e. The number of carbonyl (C=O) groups excluding carboxylic acids is 1. The van der Waals surface area contributed by atoms with Gasteiger partial charge in [-0.2, -0.15) is 0 Å². The second kappa shape index (κ2) is 6.16. The van der Waals surface area contributed by atoms with E-state index in [0.717, 1.165) is 0 Å². The maximum absolute atomic E-state index is 10.9. The van der Waals surface area contributed by atoms with Gasteiger partial charge in [-0.15, -0.1) is 0 Å². The number of benzene rings is 1. The molecule has 4 heteroatoms. The Morgan fingerprint density at radius 1 is 1.50 bits per heavy atom. The van der Waals surface area contributed by atoms with E-state index < -0.39 is 12.1 Å². The maximum atomic E-state index is 10.9. The Morgan fingerprint density at radius 3 is 2.69 bits per heavy atom. The van der Waals surface area contributed by atoms with Crippen LogP contribution in [0.25, 0.3) is 0 Å². The Balaban J connectivity index is 2.68. The van der Waals surface area contributed by atoms with Gasteiger partial charge < -0.3 is 9.84 Å². The zero-order valence-corrected chi connectivity index (χ0v) is 9.49. The highest BCUT2D eigenvalue weighted by atomic mass is 35.5. The molecule has 0 saturated carbocycles. The normalized spacial score (nSPS) is 11.2. The summed E-state index contributed by atoms with van der Waals surface area (Å²) in [4.78, 5) is 10.9. The molecule has 0 bridgehead atoms. The molecule has 1 rings (SSSR count). The monoisotopic (exact) mass is 238 g/mol. The summed E-state index contributed by atoms with van der Waals surface area (Å²) in [6.45, 7) is 1.96. The molecule has 0 aromatic heterocycles. The van der Waals surface area contributed by atoms with Gasteiger partial charge in [-0.3, -0.25) is 0 Å². The highest BCUT2D eigenvalue weighted by Crippen LogP contribution is 2.15. The van der Waals surface area contributed by atoms with Crippen molar-refractivity contribution in [3.63, 3.8) is 0 Å². The average Bonchev–Trinajstić information content (AvgIpc) is 2.27. The Morgan fingerprint density at radius 2 is 2.12 bits per heavy atom. The molecule has 0 aliphatic heterocycles. The first-order valence-electron chi connectivity index (χ1n) is 4.75. The molecule has 0 fully saturated rings. The van der Waals surface area contributed by atoms with Crippen molar-refractivity contribution in [2.24, 2.45) is 0 Å². The molecule has 0 radical (unpaired) electrons. The average molecular weight is 239 g/mol. The first-order valence-corrected chi connectivity index (χ1v) is 5.13. The molecule has 1 aromatic rings. The highest BCUT2D eigenvalue weighted by molar-refractivity contribution is 6.30. The molecule has 0 heterocycles. The van der Waals surface area contributed by atoms with Crippen LogP contribution in [0.4, 0.5) is 0 Å². The van der Waals surface area contributed by atoms with Gasteiger partial charge in [-0.25, -0.2) is 4.79 Å². The lowest BCUT2D eigenvalue weighted by Crippen LogP contribution is -2.01. The van der Waals surface area contributed by atoms with Gasteiger partial charge in [0.1, 0.15) is 6.10 Å². The standard InChI is InChI=1S/C12H11ClO3/c1-2-16-12(15)8-7-11(14)9-3-5-10(13)6-4-9/h3-6,11,14H,2H2,1H3/t11-/m1/s1. The van der Waals surface area contributed by atoms with Crippen molar-refractivity contribution in [1.29, 1.82) is 0 Å². The van der Waals surface area contributed by atoms with Gasteiger partial charge in [0, 0.05) is 10.9 Å². The molecule has 84 valence electrons. The van der Waals surface area contributed by atoms with E-state index in [9.17, 15) is 9.90 Å². The Kier molecular flexibility index (Phi) is 4.84. The molecule has 1 atom stereocenters. The van der Waals surface area contributed by atoms with E-state index in [1.54, 1.807) is 31.2 Å². The predicted molar refractivity (Wildman–Crippen MR) is 60.8 cm³/mol. The van der Waals surface area contributed by atoms with Gasteiger partial charge >= 0.3 is 5.97 Å². The highest BCUT2D eigenvalue weighted by Gasteiger charge is 2.03. The predicted octanol–water partition coefficient (Wildman–Crippen LogP) is 1.94. The first kappa shape index (κ1) is 12.6. The molecular weight excluding hydrogens is 228 g/mol. The minimum absolute atomic E-state index is 0.268. The number of esters is 1. The van der Waals surface area contributed by atoms with Crippen molar-refractivity contribution in [3.8, 4) is 11.8 Å². The van der Waals surface area contributed by atoms with Crippen molar-refractivity contribution in [3.05, 3.63) is 34.9 Å². The second-order valence-corrected chi connectivity index (χ2v) is 3.38. The molecule has 0 amide bonds. The van der Waals surface area contributed by atoms with Gasteiger partial charge in [0.2, 0.25) is 0 Å². The van der Waals surface area contributed by atoms with Crippen LogP contribution in [0.15, 0.2) is 24.3 Å². The van der Waals surface area contributed by atoms with Crippen molar-refractivity contribution in [1.82, 2.24) is 0 Å². The summed E-state index contributed by atoms with van der Waals surface area (Å²) in [6, 6.07) is 6.58. The summed E-state index contributed by atoms with van der Waals surface area (Å²) in [5.74, 6) is 3.95. The van der Waals surface area contributed by atoms with E-state index in [0.29, 0.717) is 10.6 Å². The van der Waals surface area contributed by atoms with E-state index in [1.165, 1.54) is 0 Å². The smallest absolute Gasteiger partial charge is 0.384 e. The van der Waals surface area contributed by atoms with Gasteiger partial charge in [0.25, 0.3) is 0 Å². The van der Waals surface area contributed by atoms with Crippen LogP contribution < -0.4 is 0 Å². The van der Waals surface area contributed by atoms with E-state index in [1.807, 2.05) is 0 Å². The van der Waals surface area contributed by atoms with Crippen LogP contribution in [0.3, 0.4) is 0 Å². The molecule has 3 nitrogen and oxygen atoms in total. The van der Waals surface area contributed by atoms with E-state index in [4.69, 9.17) is 11.6 Å². The summed E-state index contributed by atoms with van der Waals surface area (Å²) in [5, 5.41) is 10.2. The SMILES string of the molecule is CCOC(=O)C#C[C@@H](O)c1ccc(Cl)cc1. The van der Waals surface area contributed by atoms with E-state index >= 15 is 0 Å². The molecule has 0 unspecified atom stereocenters. The molecule has 0 spiro atoms. The van der Waals surface area contributed by atoms with Gasteiger partial charge in [0.15, 0.2) is 0 Å². The number of halogens is 1. The first-order chi connectivity index (χ1) is 7.63. The van der Waals surface area contributed by atoms with E-state index in [-0.39, 0.29) is 6.61 Å². The second-order valence-electron chi connectivity index (χ2n) is 2.94. The zero-order chi connectivity index (χ0) is 12.0. The summed E-state index contributed by atoms with van der Waals surface area (Å²) in [7, 11) is 0. The van der Waals surface area contributed by atoms with Crippen molar-refractivity contribution in [2.75, 3.05) is 6.61 Å². The third-order valence-electron chi connectivity index (χ3n) is 1.77. The third-order valence-corrected chi connectivity index (χ3v) is 2.02. The zero-order valence-electron chi connectivity index (χ0n) is 8.74. The molecular formula is C12H11ClO3. The van der Waals surface area contributed by atoms with Gasteiger partial charge in [0.05, 0.1) is 6.61 Å². The number of carbonyl (C=O) groups is 1. The number of aliphatic hydroxyl groups excluding tert-OH is 1. The largest absolute Gasteiger partial charge is 0.456 e. The Hall–Kier alpha value is -1.50. The summed E-state index contributed by atoms with van der Waals surface area (Å²) >= 11 is 5.69. The van der Waals surface area contributed by atoms with Crippen LogP contribution in [0.5, 0.6) is 0 Å². The number of ether oxygens (including phenoxy) is 1. The molecule has 1 N–H and O–H groups in total. The topological polar surface area (TPSA) is 46.5 Å². The lowest BCUT2D eigenvalue weighted by atomic mass is 10.1. The number of hydrogen-bond acceptors (Lipinski definition) is 3. The Labute approximate surface area is 99.0 Å². The maximum Gasteiger partial charge on any atom is 0.384 e. The number of hydrogen-bond donors (Lipinski definition) is 1. The Bertz CT molecular complexity index is 414. The van der Waals surface area contributed by atoms with Gasteiger partial charge in [-0.1, -0.05) is 29.7 Å². The van der Waals surface area contributed by atoms with Crippen LogP contribution in [-0.2, 0) is 9.53 Å². The fourth-order valence-electron chi connectivity index (χ4n) is 1.02. The van der Waals surface area contributed by atoms with Gasteiger partial charge in [-0.05, 0) is 24.6 Å². The van der Waals surface area contributed by atoms with Crippen molar-refractivity contribution < 1.29 is 14.6 Å². The van der Waals surface area contributed by atoms with Crippen LogP contribution in [0.1, 0.15) is 18.6 Å². The number of rotatable bonds is 2. The van der Waals surface area contributed by atoms with Crippen LogP contribution in [-0.4, -0.2) is 17.7 Å². The fourth-order valence-corrected chi connectivity index (χ4v) is 1.15. The van der Waals surface area contributed by atoms with Crippen molar-refractivity contribution >= 4 is 17.6 Å². The molecule has 0 aliphatic carbocycles. The third kappa shape index (κ3) is 3.93. The lowest BCUT2D eigenvalue weighted by Gasteiger charge is -2.02. The van der Waals surface area contributed by atoms with Crippen LogP contribution in [0.2, 0.25) is 5.02 Å². The van der Waals surface area contributed by atoms with Crippen LogP contribution >= 0.6 is 11.6 Å². The van der Waals surface area contributed by atoms with E-state index in [2.05, 4.69) is 16.6 Å². The number of aliphatic hydroxyl groups is 1. The summed E-state index contributed by atoms with van der Waals surface area (Å²) < 4.78 is 4.60. The fraction of sp³-hybridized carbons (Fsp3) is 0.250. The molecule has 1 aromatic carbocycles. The summed E-state index contributed by atoms with van der Waals surface area (Å²) in [5.41, 5.74) is 0.584. The van der Waals surface area contributed by atoms with Crippen molar-refractivity contribution in [2.45, 2.75) is 13.0 Å². The molecule has 0 aliphatic rings. The quantitative estimate of drug-likeness (QED) is 0.487.